The summed E-state index contributed by atoms with van der Waals surface area (Å²) in [5.74, 6) is 0.883. The third kappa shape index (κ3) is 2.27. The van der Waals surface area contributed by atoms with Crippen molar-refractivity contribution in [2.24, 2.45) is 0 Å². The second-order valence-corrected chi connectivity index (χ2v) is 4.35. The third-order valence-electron chi connectivity index (χ3n) is 3.36. The van der Waals surface area contributed by atoms with E-state index < -0.39 is 0 Å². The van der Waals surface area contributed by atoms with Crippen molar-refractivity contribution < 1.29 is 4.74 Å². The van der Waals surface area contributed by atoms with E-state index in [1.807, 2.05) is 26.1 Å². The number of rotatable bonds is 4. The summed E-state index contributed by atoms with van der Waals surface area (Å²) in [6.45, 7) is 1.97. The number of hydrogen-bond acceptors (Lipinski definition) is 3. The Balaban J connectivity index is 2.26. The first-order valence-electron chi connectivity index (χ1n) is 6.15. The van der Waals surface area contributed by atoms with Crippen LogP contribution in [0.15, 0.2) is 18.2 Å². The quantitative estimate of drug-likeness (QED) is 0.864. The lowest BCUT2D eigenvalue weighted by Crippen LogP contribution is -2.14. The third-order valence-corrected chi connectivity index (χ3v) is 3.36. The summed E-state index contributed by atoms with van der Waals surface area (Å²) in [5.41, 5.74) is 2.58. The molecule has 0 aliphatic heterocycles. The van der Waals surface area contributed by atoms with Crippen molar-refractivity contribution in [2.75, 3.05) is 7.05 Å². The highest BCUT2D eigenvalue weighted by atomic mass is 16.5. The first-order valence-corrected chi connectivity index (χ1v) is 6.15. The maximum Gasteiger partial charge on any atom is 0.184 e. The van der Waals surface area contributed by atoms with Gasteiger partial charge in [0.1, 0.15) is 11.8 Å². The molecule has 1 aliphatic carbocycles. The molecule has 1 aromatic carbocycles. The van der Waals surface area contributed by atoms with Gasteiger partial charge in [-0.2, -0.15) is 5.26 Å². The molecule has 0 spiro atoms. The molecule has 0 radical (unpaired) electrons. The number of nitrogens with zero attached hydrogens (tertiary/aromatic N) is 1. The van der Waals surface area contributed by atoms with Crippen LogP contribution in [0.25, 0.3) is 0 Å². The summed E-state index contributed by atoms with van der Waals surface area (Å²) < 4.78 is 5.76. The molecule has 0 bridgehead atoms. The zero-order valence-corrected chi connectivity index (χ0v) is 10.4. The molecule has 2 atom stereocenters. The van der Waals surface area contributed by atoms with Crippen molar-refractivity contribution in [3.63, 3.8) is 0 Å². The predicted octanol–water partition coefficient (Wildman–Crippen LogP) is 2.57. The van der Waals surface area contributed by atoms with Crippen molar-refractivity contribution in [1.82, 2.24) is 5.32 Å². The Labute approximate surface area is 102 Å². The summed E-state index contributed by atoms with van der Waals surface area (Å²) in [5, 5.41) is 12.3. The molecule has 0 fully saturated rings. The molecular formula is C14H18N2O. The number of hydrogen-bond donors (Lipinski definition) is 1. The fourth-order valence-electron chi connectivity index (χ4n) is 2.39. The van der Waals surface area contributed by atoms with Crippen LogP contribution in [0.2, 0.25) is 0 Å². The van der Waals surface area contributed by atoms with Crippen LogP contribution in [-0.4, -0.2) is 13.2 Å². The SMILES string of the molecule is CCC(C#N)Oc1cccc2c1CCC2NC. The zero-order valence-electron chi connectivity index (χ0n) is 10.4. The fourth-order valence-corrected chi connectivity index (χ4v) is 2.39. The van der Waals surface area contributed by atoms with Gasteiger partial charge in [0.25, 0.3) is 0 Å². The van der Waals surface area contributed by atoms with Gasteiger partial charge in [-0.25, -0.2) is 0 Å². The molecule has 2 rings (SSSR count). The molecule has 1 aromatic rings. The molecule has 0 amide bonds. The van der Waals surface area contributed by atoms with E-state index in [0.717, 1.165) is 25.0 Å². The summed E-state index contributed by atoms with van der Waals surface area (Å²) >= 11 is 0. The largest absolute Gasteiger partial charge is 0.475 e. The maximum atomic E-state index is 8.95. The Kier molecular flexibility index (Phi) is 3.65. The zero-order chi connectivity index (χ0) is 12.3. The highest BCUT2D eigenvalue weighted by Crippen LogP contribution is 2.37. The normalized spacial score (nSPS) is 19.5. The smallest absolute Gasteiger partial charge is 0.184 e. The number of nitriles is 1. The van der Waals surface area contributed by atoms with E-state index in [4.69, 9.17) is 10.00 Å². The van der Waals surface area contributed by atoms with Crippen molar-refractivity contribution >= 4 is 0 Å². The van der Waals surface area contributed by atoms with Gasteiger partial charge in [-0.05, 0) is 43.5 Å². The standard InChI is InChI=1S/C14H18N2O/c1-3-10(9-15)17-14-6-4-5-11-12(14)7-8-13(11)16-2/h4-6,10,13,16H,3,7-8H2,1-2H3. The monoisotopic (exact) mass is 230 g/mol. The molecule has 0 aromatic heterocycles. The van der Waals surface area contributed by atoms with Crippen molar-refractivity contribution in [3.8, 4) is 11.8 Å². The molecule has 90 valence electrons. The minimum absolute atomic E-state index is 0.338. The lowest BCUT2D eigenvalue weighted by atomic mass is 10.1. The Morgan fingerprint density at radius 2 is 2.41 bits per heavy atom. The van der Waals surface area contributed by atoms with E-state index in [9.17, 15) is 0 Å². The molecular weight excluding hydrogens is 212 g/mol. The molecule has 2 unspecified atom stereocenters. The molecule has 1 aliphatic rings. The molecule has 3 nitrogen and oxygen atoms in total. The Morgan fingerprint density at radius 3 is 3.06 bits per heavy atom. The van der Waals surface area contributed by atoms with E-state index in [0.29, 0.717) is 6.04 Å². The molecule has 3 heteroatoms. The van der Waals surface area contributed by atoms with Crippen molar-refractivity contribution in [1.29, 1.82) is 5.26 Å². The van der Waals surface area contributed by atoms with Gasteiger partial charge in [-0.3, -0.25) is 0 Å². The minimum Gasteiger partial charge on any atom is -0.475 e. The summed E-state index contributed by atoms with van der Waals surface area (Å²) in [7, 11) is 1.98. The van der Waals surface area contributed by atoms with Gasteiger partial charge in [0.2, 0.25) is 0 Å². The van der Waals surface area contributed by atoms with Gasteiger partial charge >= 0.3 is 0 Å². The average molecular weight is 230 g/mol. The van der Waals surface area contributed by atoms with E-state index in [1.54, 1.807) is 0 Å². The minimum atomic E-state index is -0.338. The topological polar surface area (TPSA) is 45.0 Å². The van der Waals surface area contributed by atoms with Crippen LogP contribution < -0.4 is 10.1 Å². The summed E-state index contributed by atoms with van der Waals surface area (Å²) in [6, 6.07) is 8.72. The molecule has 17 heavy (non-hydrogen) atoms. The van der Waals surface area contributed by atoms with Gasteiger partial charge in [0.15, 0.2) is 6.10 Å². The molecule has 0 heterocycles. The predicted molar refractivity (Wildman–Crippen MR) is 66.9 cm³/mol. The fraction of sp³-hybridized carbons (Fsp3) is 0.500. The van der Waals surface area contributed by atoms with Gasteiger partial charge in [0, 0.05) is 6.04 Å². The summed E-state index contributed by atoms with van der Waals surface area (Å²) in [6.07, 6.45) is 2.51. The highest BCUT2D eigenvalue weighted by molar-refractivity contribution is 5.45. The number of fused-ring (bicyclic) bond motifs is 1. The Hall–Kier alpha value is -1.53. The molecule has 1 N–H and O–H groups in total. The second kappa shape index (κ2) is 5.20. The lowest BCUT2D eigenvalue weighted by Gasteiger charge is -2.15. The average Bonchev–Trinajstić information content (AvgIpc) is 2.79. The van der Waals surface area contributed by atoms with Crippen LogP contribution in [0.3, 0.4) is 0 Å². The van der Waals surface area contributed by atoms with Crippen molar-refractivity contribution in [2.45, 2.75) is 38.3 Å². The van der Waals surface area contributed by atoms with E-state index in [1.165, 1.54) is 11.1 Å². The van der Waals surface area contributed by atoms with Gasteiger partial charge in [-0.15, -0.1) is 0 Å². The molecule has 0 saturated carbocycles. The number of nitrogens with one attached hydrogen (secondary N) is 1. The highest BCUT2D eigenvalue weighted by Gasteiger charge is 2.24. The first-order chi connectivity index (χ1) is 8.30. The number of ether oxygens (including phenoxy) is 1. The maximum absolute atomic E-state index is 8.95. The van der Waals surface area contributed by atoms with E-state index in [2.05, 4.69) is 17.5 Å². The van der Waals surface area contributed by atoms with Crippen LogP contribution in [0, 0.1) is 11.3 Å². The second-order valence-electron chi connectivity index (χ2n) is 4.35. The Bertz CT molecular complexity index is 436. The number of benzene rings is 1. The van der Waals surface area contributed by atoms with E-state index >= 15 is 0 Å². The van der Waals surface area contributed by atoms with Crippen LogP contribution in [-0.2, 0) is 6.42 Å². The van der Waals surface area contributed by atoms with Crippen LogP contribution in [0.4, 0.5) is 0 Å². The van der Waals surface area contributed by atoms with Crippen LogP contribution in [0.5, 0.6) is 5.75 Å². The van der Waals surface area contributed by atoms with Gasteiger partial charge < -0.3 is 10.1 Å². The van der Waals surface area contributed by atoms with Gasteiger partial charge in [0.05, 0.1) is 0 Å². The van der Waals surface area contributed by atoms with Crippen LogP contribution in [0.1, 0.15) is 36.9 Å². The Morgan fingerprint density at radius 1 is 1.59 bits per heavy atom. The van der Waals surface area contributed by atoms with Gasteiger partial charge in [-0.1, -0.05) is 19.1 Å². The van der Waals surface area contributed by atoms with E-state index in [-0.39, 0.29) is 6.10 Å². The molecule has 0 saturated heterocycles. The first kappa shape index (κ1) is 11.9. The van der Waals surface area contributed by atoms with Crippen LogP contribution >= 0.6 is 0 Å². The van der Waals surface area contributed by atoms with Crippen molar-refractivity contribution in [3.05, 3.63) is 29.3 Å². The summed E-state index contributed by atoms with van der Waals surface area (Å²) in [4.78, 5) is 0. The lowest BCUT2D eigenvalue weighted by molar-refractivity contribution is 0.249.